The molecule has 0 saturated carbocycles. The van der Waals surface area contributed by atoms with Gasteiger partial charge >= 0.3 is 0 Å². The molecule has 0 aliphatic rings. The summed E-state index contributed by atoms with van der Waals surface area (Å²) in [5.41, 5.74) is 3.31. The molecule has 0 aliphatic carbocycles. The van der Waals surface area contributed by atoms with Gasteiger partial charge in [0.2, 0.25) is 5.89 Å². The minimum absolute atomic E-state index is 0.0671. The van der Waals surface area contributed by atoms with Crippen molar-refractivity contribution in [2.45, 2.75) is 33.3 Å². The van der Waals surface area contributed by atoms with Gasteiger partial charge in [0.1, 0.15) is 17.0 Å². The fourth-order valence-corrected chi connectivity index (χ4v) is 3.56. The molecule has 0 unspecified atom stereocenters. The Hall–Kier alpha value is -3.91. The second-order valence-electron chi connectivity index (χ2n) is 7.93. The maximum atomic E-state index is 12.7. The highest BCUT2D eigenvalue weighted by Crippen LogP contribution is 2.27. The minimum atomic E-state index is -0.322. The van der Waals surface area contributed by atoms with E-state index in [1.54, 1.807) is 18.2 Å². The summed E-state index contributed by atoms with van der Waals surface area (Å²) in [5, 5.41) is 5.91. The minimum Gasteiger partial charge on any atom is -0.494 e. The Kier molecular flexibility index (Phi) is 7.62. The van der Waals surface area contributed by atoms with E-state index in [9.17, 15) is 4.79 Å². The fourth-order valence-electron chi connectivity index (χ4n) is 3.35. The summed E-state index contributed by atoms with van der Waals surface area (Å²) in [5.74, 6) is 1.63. The van der Waals surface area contributed by atoms with Crippen LogP contribution < -0.4 is 20.1 Å². The van der Waals surface area contributed by atoms with Crippen molar-refractivity contribution in [2.75, 3.05) is 11.9 Å². The molecule has 7 nitrogen and oxygen atoms in total. The summed E-state index contributed by atoms with van der Waals surface area (Å²) in [6, 6.07) is 20.0. The largest absolute Gasteiger partial charge is 0.494 e. The third-order valence-corrected chi connectivity index (χ3v) is 5.50. The van der Waals surface area contributed by atoms with Crippen LogP contribution in [-0.4, -0.2) is 28.7 Å². The second-order valence-corrected chi connectivity index (χ2v) is 8.34. The average molecular weight is 490 g/mol. The van der Waals surface area contributed by atoms with Gasteiger partial charge in [-0.3, -0.25) is 10.1 Å². The van der Waals surface area contributed by atoms with E-state index in [1.807, 2.05) is 69.3 Å². The van der Waals surface area contributed by atoms with E-state index < -0.39 is 0 Å². The molecule has 1 aromatic heterocycles. The normalized spacial score (nSPS) is 11.6. The predicted octanol–water partition coefficient (Wildman–Crippen LogP) is 6.20. The maximum absolute atomic E-state index is 12.7. The van der Waals surface area contributed by atoms with Gasteiger partial charge in [0, 0.05) is 16.8 Å². The molecule has 0 spiro atoms. The number of nitrogens with one attached hydrogen (secondary N) is 2. The number of amides is 1. The Labute approximate surface area is 209 Å². The van der Waals surface area contributed by atoms with Crippen LogP contribution in [0, 0.1) is 0 Å². The number of anilines is 1. The number of nitrogens with zero attached hydrogens (tertiary/aromatic N) is 1. The molecule has 1 amide bonds. The van der Waals surface area contributed by atoms with Crippen LogP contribution in [0.5, 0.6) is 11.5 Å². The summed E-state index contributed by atoms with van der Waals surface area (Å²) in [6.07, 6.45) is 0.944. The van der Waals surface area contributed by atoms with Gasteiger partial charge in [-0.2, -0.15) is 0 Å². The number of ether oxygens (including phenoxy) is 2. The molecule has 1 heterocycles. The number of fused-ring (bicyclic) bond motifs is 1. The molecule has 0 fully saturated rings. The summed E-state index contributed by atoms with van der Waals surface area (Å²) in [6.45, 7) is 6.58. The second kappa shape index (κ2) is 11.0. The van der Waals surface area contributed by atoms with E-state index in [2.05, 4.69) is 15.6 Å². The highest BCUT2D eigenvalue weighted by molar-refractivity contribution is 7.80. The number of benzene rings is 3. The molecule has 0 radical (unpaired) electrons. The van der Waals surface area contributed by atoms with Gasteiger partial charge in [0.15, 0.2) is 10.7 Å². The Balaban J connectivity index is 1.41. The van der Waals surface area contributed by atoms with Gasteiger partial charge in [-0.1, -0.05) is 13.0 Å². The molecule has 4 aromatic rings. The Morgan fingerprint density at radius 3 is 2.60 bits per heavy atom. The first-order valence-corrected chi connectivity index (χ1v) is 11.9. The van der Waals surface area contributed by atoms with Gasteiger partial charge in [0.25, 0.3) is 5.91 Å². The first-order chi connectivity index (χ1) is 16.9. The van der Waals surface area contributed by atoms with Crippen LogP contribution >= 0.6 is 12.2 Å². The lowest BCUT2D eigenvalue weighted by molar-refractivity contribution is 0.0977. The lowest BCUT2D eigenvalue weighted by Crippen LogP contribution is -2.34. The molecule has 8 heteroatoms. The first kappa shape index (κ1) is 24.2. The number of oxazole rings is 1. The van der Waals surface area contributed by atoms with E-state index in [0.717, 1.165) is 17.7 Å². The number of carbonyl (C=O) groups is 1. The van der Waals surface area contributed by atoms with Crippen molar-refractivity contribution >= 4 is 40.0 Å². The first-order valence-electron chi connectivity index (χ1n) is 11.5. The molecule has 180 valence electrons. The number of thiocarbonyl (C=S) groups is 1. The lowest BCUT2D eigenvalue weighted by atomic mass is 10.2. The van der Waals surface area contributed by atoms with Gasteiger partial charge in [-0.25, -0.2) is 4.98 Å². The molecular formula is C27H27N3O4S. The van der Waals surface area contributed by atoms with Crippen molar-refractivity contribution in [3.8, 4) is 23.0 Å². The number of hydrogen-bond donors (Lipinski definition) is 2. The maximum Gasteiger partial charge on any atom is 0.257 e. The summed E-state index contributed by atoms with van der Waals surface area (Å²) < 4.78 is 17.2. The van der Waals surface area contributed by atoms with Crippen molar-refractivity contribution in [3.63, 3.8) is 0 Å². The van der Waals surface area contributed by atoms with E-state index >= 15 is 0 Å². The number of hydrogen-bond acceptors (Lipinski definition) is 6. The lowest BCUT2D eigenvalue weighted by Gasteiger charge is -2.14. The molecule has 0 aliphatic heterocycles. The van der Waals surface area contributed by atoms with E-state index in [4.69, 9.17) is 26.1 Å². The zero-order valence-electron chi connectivity index (χ0n) is 19.8. The van der Waals surface area contributed by atoms with Crippen LogP contribution in [0.2, 0.25) is 0 Å². The highest BCUT2D eigenvalue weighted by atomic mass is 32.1. The van der Waals surface area contributed by atoms with E-state index in [1.165, 1.54) is 0 Å². The van der Waals surface area contributed by atoms with E-state index in [0.29, 0.717) is 40.6 Å². The van der Waals surface area contributed by atoms with Gasteiger partial charge in [-0.05, 0) is 93.1 Å². The zero-order chi connectivity index (χ0) is 24.8. The third kappa shape index (κ3) is 6.16. The highest BCUT2D eigenvalue weighted by Gasteiger charge is 2.12. The Morgan fingerprint density at radius 1 is 1.06 bits per heavy atom. The topological polar surface area (TPSA) is 85.6 Å². The van der Waals surface area contributed by atoms with Crippen LogP contribution in [0.3, 0.4) is 0 Å². The Morgan fingerprint density at radius 2 is 1.86 bits per heavy atom. The number of carbonyl (C=O) groups excluding carboxylic acids is 1. The van der Waals surface area contributed by atoms with Gasteiger partial charge < -0.3 is 19.2 Å². The smallest absolute Gasteiger partial charge is 0.257 e. The van der Waals surface area contributed by atoms with Crippen molar-refractivity contribution < 1.29 is 18.7 Å². The predicted molar refractivity (Wildman–Crippen MR) is 141 cm³/mol. The molecule has 1 atom stereocenters. The standard InChI is InChI=1S/C27H27N3O4S/c1-4-17(3)33-22-8-6-7-19(15-22)25(31)30-27(35)28-20-11-14-24-23(16-20)29-26(34-24)18-9-12-21(13-10-18)32-5-2/h6-17H,4-5H2,1-3H3,(H2,28,30,31,35)/t17-/m0/s1. The molecule has 2 N–H and O–H groups in total. The Bertz CT molecular complexity index is 1330. The molecule has 3 aromatic carbocycles. The van der Waals surface area contributed by atoms with Crippen molar-refractivity contribution in [1.82, 2.24) is 10.3 Å². The van der Waals surface area contributed by atoms with Crippen LogP contribution in [0.15, 0.2) is 71.1 Å². The molecule has 0 bridgehead atoms. The number of rotatable bonds is 8. The average Bonchev–Trinajstić information content (AvgIpc) is 3.28. The summed E-state index contributed by atoms with van der Waals surface area (Å²) >= 11 is 5.34. The molecule has 0 saturated heterocycles. The van der Waals surface area contributed by atoms with Crippen molar-refractivity contribution in [1.29, 1.82) is 0 Å². The van der Waals surface area contributed by atoms with E-state index in [-0.39, 0.29) is 17.1 Å². The van der Waals surface area contributed by atoms with Gasteiger partial charge in [-0.15, -0.1) is 0 Å². The SMILES string of the molecule is CCOc1ccc(-c2nc3cc(NC(=S)NC(=O)c4cccc(O[C@@H](C)CC)c4)ccc3o2)cc1. The van der Waals surface area contributed by atoms with Crippen LogP contribution in [0.4, 0.5) is 5.69 Å². The molecule has 4 rings (SSSR count). The van der Waals surface area contributed by atoms with Crippen molar-refractivity contribution in [2.24, 2.45) is 0 Å². The summed E-state index contributed by atoms with van der Waals surface area (Å²) in [4.78, 5) is 17.2. The van der Waals surface area contributed by atoms with Crippen LogP contribution in [0.25, 0.3) is 22.6 Å². The van der Waals surface area contributed by atoms with Crippen LogP contribution in [0.1, 0.15) is 37.6 Å². The third-order valence-electron chi connectivity index (χ3n) is 5.29. The van der Waals surface area contributed by atoms with Crippen molar-refractivity contribution in [3.05, 3.63) is 72.3 Å². The number of aromatic nitrogens is 1. The van der Waals surface area contributed by atoms with Crippen LogP contribution in [-0.2, 0) is 0 Å². The monoisotopic (exact) mass is 489 g/mol. The molecule has 35 heavy (non-hydrogen) atoms. The fraction of sp³-hybridized carbons (Fsp3) is 0.222. The zero-order valence-corrected chi connectivity index (χ0v) is 20.6. The summed E-state index contributed by atoms with van der Waals surface area (Å²) in [7, 11) is 0. The quantitative estimate of drug-likeness (QED) is 0.285. The van der Waals surface area contributed by atoms with Gasteiger partial charge in [0.05, 0.1) is 12.7 Å². The molecular weight excluding hydrogens is 462 g/mol.